The van der Waals surface area contributed by atoms with Gasteiger partial charge in [0.05, 0.1) is 0 Å². The van der Waals surface area contributed by atoms with Crippen LogP contribution in [0.1, 0.15) is 32.6 Å². The van der Waals surface area contributed by atoms with E-state index in [1.54, 1.807) is 19.1 Å². The van der Waals surface area contributed by atoms with Gasteiger partial charge in [-0.3, -0.25) is 4.79 Å². The number of amides is 1. The third kappa shape index (κ3) is 2.50. The molecule has 0 radical (unpaired) electrons. The van der Waals surface area contributed by atoms with Crippen molar-refractivity contribution in [1.29, 1.82) is 0 Å². The van der Waals surface area contributed by atoms with Crippen molar-refractivity contribution in [2.24, 2.45) is 0 Å². The molecular formula is C15H18ClNO3. The van der Waals surface area contributed by atoms with Gasteiger partial charge in [0.1, 0.15) is 18.0 Å². The van der Waals surface area contributed by atoms with Gasteiger partial charge in [0, 0.05) is 5.02 Å². The SMILES string of the molecule is C[C@@H]1OC2(CCCC[C@H]2Oc2cccc(Cl)c2)NC1=O. The highest BCUT2D eigenvalue weighted by Crippen LogP contribution is 2.37. The summed E-state index contributed by atoms with van der Waals surface area (Å²) in [4.78, 5) is 11.8. The first-order valence-electron chi connectivity index (χ1n) is 7.01. The van der Waals surface area contributed by atoms with Gasteiger partial charge in [-0.2, -0.15) is 0 Å². The highest BCUT2D eigenvalue weighted by atomic mass is 35.5. The molecular weight excluding hydrogens is 278 g/mol. The molecule has 1 aliphatic carbocycles. The van der Waals surface area contributed by atoms with E-state index < -0.39 is 11.8 Å². The van der Waals surface area contributed by atoms with Crippen LogP contribution < -0.4 is 10.1 Å². The van der Waals surface area contributed by atoms with Crippen molar-refractivity contribution < 1.29 is 14.3 Å². The van der Waals surface area contributed by atoms with E-state index >= 15 is 0 Å². The number of benzene rings is 1. The molecule has 2 fully saturated rings. The summed E-state index contributed by atoms with van der Waals surface area (Å²) in [5.74, 6) is 0.646. The highest BCUT2D eigenvalue weighted by molar-refractivity contribution is 6.30. The van der Waals surface area contributed by atoms with Crippen molar-refractivity contribution in [3.05, 3.63) is 29.3 Å². The fourth-order valence-electron chi connectivity index (χ4n) is 2.96. The Labute approximate surface area is 123 Å². The molecule has 1 amide bonds. The van der Waals surface area contributed by atoms with Crippen LogP contribution in [0.25, 0.3) is 0 Å². The molecule has 1 saturated heterocycles. The molecule has 108 valence electrons. The highest BCUT2D eigenvalue weighted by Gasteiger charge is 2.51. The van der Waals surface area contributed by atoms with Gasteiger partial charge in [-0.15, -0.1) is 0 Å². The summed E-state index contributed by atoms with van der Waals surface area (Å²) in [6, 6.07) is 7.31. The maximum atomic E-state index is 11.8. The van der Waals surface area contributed by atoms with Gasteiger partial charge in [0.2, 0.25) is 0 Å². The van der Waals surface area contributed by atoms with Crippen molar-refractivity contribution in [2.75, 3.05) is 0 Å². The van der Waals surface area contributed by atoms with Crippen LogP contribution in [0.15, 0.2) is 24.3 Å². The Balaban J connectivity index is 1.81. The second-order valence-electron chi connectivity index (χ2n) is 5.45. The number of ether oxygens (including phenoxy) is 2. The summed E-state index contributed by atoms with van der Waals surface area (Å²) in [6.07, 6.45) is 3.15. The molecule has 0 aromatic heterocycles. The first-order valence-corrected chi connectivity index (χ1v) is 7.39. The Morgan fingerprint density at radius 3 is 3.00 bits per heavy atom. The van der Waals surface area contributed by atoms with Crippen LogP contribution in [0.4, 0.5) is 0 Å². The monoisotopic (exact) mass is 295 g/mol. The van der Waals surface area contributed by atoms with Gasteiger partial charge in [0.25, 0.3) is 5.91 Å². The summed E-state index contributed by atoms with van der Waals surface area (Å²) >= 11 is 5.98. The smallest absolute Gasteiger partial charge is 0.251 e. The molecule has 1 heterocycles. The minimum absolute atomic E-state index is 0.0633. The molecule has 0 bridgehead atoms. The maximum Gasteiger partial charge on any atom is 0.251 e. The Morgan fingerprint density at radius 2 is 2.30 bits per heavy atom. The molecule has 5 heteroatoms. The zero-order chi connectivity index (χ0) is 14.2. The summed E-state index contributed by atoms with van der Waals surface area (Å²) in [5, 5.41) is 3.62. The van der Waals surface area contributed by atoms with Gasteiger partial charge >= 0.3 is 0 Å². The average molecular weight is 296 g/mol. The van der Waals surface area contributed by atoms with E-state index in [0.29, 0.717) is 10.8 Å². The predicted octanol–water partition coefficient (Wildman–Crippen LogP) is 2.89. The molecule has 20 heavy (non-hydrogen) atoms. The third-order valence-corrected chi connectivity index (χ3v) is 4.19. The number of nitrogens with one attached hydrogen (secondary N) is 1. The summed E-state index contributed by atoms with van der Waals surface area (Å²) < 4.78 is 11.9. The fourth-order valence-corrected chi connectivity index (χ4v) is 3.14. The Bertz CT molecular complexity index is 522. The summed E-state index contributed by atoms with van der Waals surface area (Å²) in [5.41, 5.74) is -0.683. The van der Waals surface area contributed by atoms with Crippen LogP contribution in [0.3, 0.4) is 0 Å². The molecule has 2 aliphatic rings. The lowest BCUT2D eigenvalue weighted by Gasteiger charge is -2.39. The lowest BCUT2D eigenvalue weighted by molar-refractivity contribution is -0.134. The van der Waals surface area contributed by atoms with Crippen LogP contribution in [-0.2, 0) is 9.53 Å². The maximum absolute atomic E-state index is 11.8. The molecule has 1 aliphatic heterocycles. The van der Waals surface area contributed by atoms with Gasteiger partial charge < -0.3 is 14.8 Å². The largest absolute Gasteiger partial charge is 0.485 e. The zero-order valence-electron chi connectivity index (χ0n) is 11.4. The lowest BCUT2D eigenvalue weighted by Crippen LogP contribution is -2.56. The van der Waals surface area contributed by atoms with E-state index in [1.807, 2.05) is 12.1 Å². The summed E-state index contributed by atoms with van der Waals surface area (Å²) in [6.45, 7) is 1.77. The number of hydrogen-bond acceptors (Lipinski definition) is 3. The van der Waals surface area contributed by atoms with Crippen molar-refractivity contribution in [1.82, 2.24) is 5.32 Å². The molecule has 3 rings (SSSR count). The second kappa shape index (κ2) is 5.26. The van der Waals surface area contributed by atoms with Crippen LogP contribution in [0, 0.1) is 0 Å². The van der Waals surface area contributed by atoms with Crippen molar-refractivity contribution in [3.63, 3.8) is 0 Å². The molecule has 1 aromatic rings. The minimum Gasteiger partial charge on any atom is -0.485 e. The standard InChI is InChI=1S/C15H18ClNO3/c1-10-14(18)17-15(20-10)8-3-2-7-13(15)19-12-6-4-5-11(16)9-12/h4-6,9-10,13H,2-3,7-8H2,1H3,(H,17,18)/t10-,13+,15?/m0/s1. The van der Waals surface area contributed by atoms with E-state index in [0.717, 1.165) is 25.7 Å². The summed E-state index contributed by atoms with van der Waals surface area (Å²) in [7, 11) is 0. The number of halogens is 1. The third-order valence-electron chi connectivity index (χ3n) is 3.95. The zero-order valence-corrected chi connectivity index (χ0v) is 12.2. The Morgan fingerprint density at radius 1 is 1.45 bits per heavy atom. The lowest BCUT2D eigenvalue weighted by atomic mass is 9.89. The first-order chi connectivity index (χ1) is 9.59. The quantitative estimate of drug-likeness (QED) is 0.912. The number of hydrogen-bond donors (Lipinski definition) is 1. The molecule has 1 aromatic carbocycles. The molecule has 1 spiro atoms. The molecule has 3 atom stereocenters. The average Bonchev–Trinajstić information content (AvgIpc) is 2.68. The van der Waals surface area contributed by atoms with Gasteiger partial charge in [-0.1, -0.05) is 17.7 Å². The second-order valence-corrected chi connectivity index (χ2v) is 5.88. The van der Waals surface area contributed by atoms with E-state index in [-0.39, 0.29) is 12.0 Å². The first kappa shape index (κ1) is 13.7. The number of carbonyl (C=O) groups is 1. The molecule has 1 unspecified atom stereocenters. The predicted molar refractivity (Wildman–Crippen MR) is 75.8 cm³/mol. The van der Waals surface area contributed by atoms with E-state index in [4.69, 9.17) is 21.1 Å². The Hall–Kier alpha value is -1.26. The number of carbonyl (C=O) groups excluding carboxylic acids is 1. The van der Waals surface area contributed by atoms with Crippen LogP contribution in [0.5, 0.6) is 5.75 Å². The molecule has 1 saturated carbocycles. The van der Waals surface area contributed by atoms with E-state index in [1.165, 1.54) is 0 Å². The minimum atomic E-state index is -0.683. The van der Waals surface area contributed by atoms with Gasteiger partial charge in [-0.25, -0.2) is 0 Å². The van der Waals surface area contributed by atoms with Crippen LogP contribution >= 0.6 is 11.6 Å². The fraction of sp³-hybridized carbons (Fsp3) is 0.533. The van der Waals surface area contributed by atoms with Crippen molar-refractivity contribution in [2.45, 2.75) is 50.5 Å². The van der Waals surface area contributed by atoms with Gasteiger partial charge in [0.15, 0.2) is 5.72 Å². The normalized spacial score (nSPS) is 33.2. The van der Waals surface area contributed by atoms with Crippen LogP contribution in [0.2, 0.25) is 5.02 Å². The van der Waals surface area contributed by atoms with Crippen molar-refractivity contribution in [3.8, 4) is 5.75 Å². The Kier molecular flexibility index (Phi) is 3.61. The van der Waals surface area contributed by atoms with Crippen LogP contribution in [-0.4, -0.2) is 23.8 Å². The van der Waals surface area contributed by atoms with Gasteiger partial charge in [-0.05, 0) is 50.8 Å². The van der Waals surface area contributed by atoms with Crippen molar-refractivity contribution >= 4 is 17.5 Å². The molecule has 1 N–H and O–H groups in total. The van der Waals surface area contributed by atoms with E-state index in [2.05, 4.69) is 5.32 Å². The van der Waals surface area contributed by atoms with E-state index in [9.17, 15) is 4.79 Å². The topological polar surface area (TPSA) is 47.6 Å². The number of rotatable bonds is 2. The molecule has 4 nitrogen and oxygen atoms in total.